The summed E-state index contributed by atoms with van der Waals surface area (Å²) in [5.41, 5.74) is 2.27. The average Bonchev–Trinajstić information content (AvgIpc) is 3.05. The summed E-state index contributed by atoms with van der Waals surface area (Å²) in [6.07, 6.45) is 0. The minimum atomic E-state index is -0.461. The number of nitrogens with zero attached hydrogens (tertiary/aromatic N) is 1. The van der Waals surface area contributed by atoms with E-state index < -0.39 is 11.8 Å². The third-order valence-electron chi connectivity index (χ3n) is 5.22. The molecule has 6 nitrogen and oxygen atoms in total. The molecule has 0 atom stereocenters. The molecule has 0 fully saturated rings. The zero-order valence-electron chi connectivity index (χ0n) is 18.3. The van der Waals surface area contributed by atoms with Crippen LogP contribution < -0.4 is 14.8 Å². The molecular weight excluding hydrogens is 423 g/mol. The molecule has 0 radical (unpaired) electrons. The summed E-state index contributed by atoms with van der Waals surface area (Å²) in [7, 11) is 1.56. The number of ether oxygens (including phenoxy) is 2. The highest BCUT2D eigenvalue weighted by Gasteiger charge is 2.39. The normalized spacial score (nSPS) is 13.5. The molecule has 7 heteroatoms. The number of anilines is 1. The lowest BCUT2D eigenvalue weighted by Crippen LogP contribution is -2.32. The highest BCUT2D eigenvalue weighted by Crippen LogP contribution is 2.33. The van der Waals surface area contributed by atoms with E-state index in [9.17, 15) is 14.0 Å². The number of amides is 2. The number of carbonyl (C=O) groups excluding carboxylic acids is 2. The molecule has 0 aliphatic carbocycles. The first-order valence-corrected chi connectivity index (χ1v) is 10.5. The topological polar surface area (TPSA) is 67.9 Å². The lowest BCUT2D eigenvalue weighted by molar-refractivity contribution is -0.137. The van der Waals surface area contributed by atoms with Gasteiger partial charge in [0.15, 0.2) is 0 Å². The van der Waals surface area contributed by atoms with E-state index in [2.05, 4.69) is 5.32 Å². The van der Waals surface area contributed by atoms with E-state index in [-0.39, 0.29) is 23.6 Å². The van der Waals surface area contributed by atoms with Gasteiger partial charge in [0, 0.05) is 11.8 Å². The van der Waals surface area contributed by atoms with Crippen molar-refractivity contribution in [1.82, 2.24) is 4.90 Å². The van der Waals surface area contributed by atoms with Crippen molar-refractivity contribution in [2.24, 2.45) is 0 Å². The Kier molecular flexibility index (Phi) is 6.40. The Balaban J connectivity index is 1.71. The summed E-state index contributed by atoms with van der Waals surface area (Å²) in [5.74, 6) is 0.00794. The van der Waals surface area contributed by atoms with Crippen molar-refractivity contribution < 1.29 is 23.5 Å². The fourth-order valence-electron chi connectivity index (χ4n) is 3.61. The van der Waals surface area contributed by atoms with Gasteiger partial charge in [0.05, 0.1) is 25.8 Å². The SMILES string of the molecule is CCOc1cccc(NC2=C(c3ccc(OC)cc3)C(=O)N(Cc3ccc(F)cc3)C2=O)c1. The van der Waals surface area contributed by atoms with Gasteiger partial charge in [-0.05, 0) is 54.4 Å². The number of methoxy groups -OCH3 is 1. The van der Waals surface area contributed by atoms with E-state index >= 15 is 0 Å². The first-order valence-electron chi connectivity index (χ1n) is 10.5. The van der Waals surface area contributed by atoms with Crippen LogP contribution in [-0.2, 0) is 16.1 Å². The van der Waals surface area contributed by atoms with Crippen LogP contribution in [0.25, 0.3) is 5.57 Å². The molecule has 4 rings (SSSR count). The van der Waals surface area contributed by atoms with Crippen molar-refractivity contribution in [3.63, 3.8) is 0 Å². The van der Waals surface area contributed by atoms with E-state index in [1.165, 1.54) is 12.1 Å². The van der Waals surface area contributed by atoms with Gasteiger partial charge in [-0.25, -0.2) is 4.39 Å². The highest BCUT2D eigenvalue weighted by molar-refractivity contribution is 6.36. The van der Waals surface area contributed by atoms with E-state index in [0.29, 0.717) is 34.9 Å². The standard InChI is InChI=1S/C26H23FN2O4/c1-3-33-22-6-4-5-20(15-22)28-24-23(18-9-13-21(32-2)14-10-18)25(30)29(26(24)31)16-17-7-11-19(27)12-8-17/h4-15,28H,3,16H2,1-2H3. The van der Waals surface area contributed by atoms with Crippen molar-refractivity contribution in [3.8, 4) is 11.5 Å². The number of halogens is 1. The molecule has 1 heterocycles. The number of imide groups is 1. The maximum absolute atomic E-state index is 13.4. The molecule has 0 aromatic heterocycles. The zero-order chi connectivity index (χ0) is 23.4. The van der Waals surface area contributed by atoms with Gasteiger partial charge in [-0.3, -0.25) is 14.5 Å². The van der Waals surface area contributed by atoms with Crippen LogP contribution in [0.5, 0.6) is 11.5 Å². The molecule has 0 bridgehead atoms. The molecule has 3 aromatic carbocycles. The fourth-order valence-corrected chi connectivity index (χ4v) is 3.61. The number of carbonyl (C=O) groups is 2. The monoisotopic (exact) mass is 446 g/mol. The van der Waals surface area contributed by atoms with Crippen LogP contribution in [0.1, 0.15) is 18.1 Å². The molecule has 0 spiro atoms. The predicted molar refractivity (Wildman–Crippen MR) is 123 cm³/mol. The Labute approximate surface area is 191 Å². The van der Waals surface area contributed by atoms with Crippen molar-refractivity contribution >= 4 is 23.1 Å². The molecule has 0 unspecified atom stereocenters. The Morgan fingerprint density at radius 3 is 2.30 bits per heavy atom. The molecule has 168 valence electrons. The molecule has 0 saturated heterocycles. The van der Waals surface area contributed by atoms with Gasteiger partial charge in [-0.2, -0.15) is 0 Å². The van der Waals surface area contributed by atoms with E-state index in [1.807, 2.05) is 13.0 Å². The van der Waals surface area contributed by atoms with Crippen LogP contribution in [0.2, 0.25) is 0 Å². The van der Waals surface area contributed by atoms with Crippen LogP contribution in [-0.4, -0.2) is 30.4 Å². The van der Waals surface area contributed by atoms with E-state index in [4.69, 9.17) is 9.47 Å². The number of nitrogens with one attached hydrogen (secondary N) is 1. The Bertz CT molecular complexity index is 1200. The Hall–Kier alpha value is -4.13. The summed E-state index contributed by atoms with van der Waals surface area (Å²) in [5, 5.41) is 3.12. The van der Waals surface area contributed by atoms with Crippen LogP contribution >= 0.6 is 0 Å². The zero-order valence-corrected chi connectivity index (χ0v) is 18.3. The van der Waals surface area contributed by atoms with Gasteiger partial charge in [-0.1, -0.05) is 30.3 Å². The molecule has 1 aliphatic heterocycles. The second-order valence-corrected chi connectivity index (χ2v) is 7.39. The summed E-state index contributed by atoms with van der Waals surface area (Å²) in [6.45, 7) is 2.42. The van der Waals surface area contributed by atoms with E-state index in [1.54, 1.807) is 61.7 Å². The molecule has 33 heavy (non-hydrogen) atoms. The average molecular weight is 446 g/mol. The number of hydrogen-bond acceptors (Lipinski definition) is 5. The lowest BCUT2D eigenvalue weighted by atomic mass is 10.0. The van der Waals surface area contributed by atoms with Crippen molar-refractivity contribution in [3.05, 3.63) is 95.4 Å². The van der Waals surface area contributed by atoms with E-state index in [0.717, 1.165) is 4.90 Å². The number of benzene rings is 3. The number of rotatable bonds is 8. The fraction of sp³-hybridized carbons (Fsp3) is 0.154. The van der Waals surface area contributed by atoms with Crippen LogP contribution in [0.3, 0.4) is 0 Å². The predicted octanol–water partition coefficient (Wildman–Crippen LogP) is 4.63. The largest absolute Gasteiger partial charge is 0.497 e. The van der Waals surface area contributed by atoms with Gasteiger partial charge >= 0.3 is 0 Å². The van der Waals surface area contributed by atoms with Crippen LogP contribution in [0, 0.1) is 5.82 Å². The second-order valence-electron chi connectivity index (χ2n) is 7.39. The van der Waals surface area contributed by atoms with Crippen LogP contribution in [0.4, 0.5) is 10.1 Å². The molecular formula is C26H23FN2O4. The smallest absolute Gasteiger partial charge is 0.278 e. The maximum Gasteiger partial charge on any atom is 0.278 e. The van der Waals surface area contributed by atoms with Gasteiger partial charge in [-0.15, -0.1) is 0 Å². The van der Waals surface area contributed by atoms with Crippen LogP contribution in [0.15, 0.2) is 78.5 Å². The van der Waals surface area contributed by atoms with Gasteiger partial charge in [0.1, 0.15) is 23.0 Å². The quantitative estimate of drug-likeness (QED) is 0.511. The molecule has 3 aromatic rings. The molecule has 1 N–H and O–H groups in total. The molecule has 1 aliphatic rings. The highest BCUT2D eigenvalue weighted by atomic mass is 19.1. The summed E-state index contributed by atoms with van der Waals surface area (Å²) >= 11 is 0. The number of hydrogen-bond donors (Lipinski definition) is 1. The first-order chi connectivity index (χ1) is 16.0. The summed E-state index contributed by atoms with van der Waals surface area (Å²) in [6, 6.07) is 19.8. The van der Waals surface area contributed by atoms with Crippen molar-refractivity contribution in [1.29, 1.82) is 0 Å². The summed E-state index contributed by atoms with van der Waals surface area (Å²) in [4.78, 5) is 27.9. The van der Waals surface area contributed by atoms with Crippen molar-refractivity contribution in [2.75, 3.05) is 19.0 Å². The third-order valence-corrected chi connectivity index (χ3v) is 5.22. The third kappa shape index (κ3) is 4.72. The second kappa shape index (κ2) is 9.56. The summed E-state index contributed by atoms with van der Waals surface area (Å²) < 4.78 is 24.1. The maximum atomic E-state index is 13.4. The van der Waals surface area contributed by atoms with Gasteiger partial charge in [0.25, 0.3) is 11.8 Å². The van der Waals surface area contributed by atoms with Gasteiger partial charge in [0.2, 0.25) is 0 Å². The Morgan fingerprint density at radius 1 is 0.909 bits per heavy atom. The first kappa shape index (κ1) is 22.1. The van der Waals surface area contributed by atoms with Crippen molar-refractivity contribution in [2.45, 2.75) is 13.5 Å². The lowest BCUT2D eigenvalue weighted by Gasteiger charge is -2.15. The van der Waals surface area contributed by atoms with Gasteiger partial charge < -0.3 is 14.8 Å². The minimum Gasteiger partial charge on any atom is -0.497 e. The minimum absolute atomic E-state index is 0.0295. The molecule has 0 saturated carbocycles. The Morgan fingerprint density at radius 2 is 1.64 bits per heavy atom. The molecule has 2 amide bonds.